The first-order valence-corrected chi connectivity index (χ1v) is 8.35. The summed E-state index contributed by atoms with van der Waals surface area (Å²) in [5, 5.41) is 15.6. The summed E-state index contributed by atoms with van der Waals surface area (Å²) < 4.78 is 13.2. The second-order valence-corrected chi connectivity index (χ2v) is 6.08. The Bertz CT molecular complexity index is 1220. The molecule has 0 bridgehead atoms. The van der Waals surface area contributed by atoms with Crippen molar-refractivity contribution in [3.05, 3.63) is 72.8 Å². The van der Waals surface area contributed by atoms with Gasteiger partial charge < -0.3 is 0 Å². The summed E-state index contributed by atoms with van der Waals surface area (Å²) in [4.78, 5) is 8.59. The van der Waals surface area contributed by atoms with Crippen molar-refractivity contribution in [1.82, 2.24) is 30.4 Å². The molecule has 3 heterocycles. The molecule has 0 aliphatic heterocycles. The standard InChI is InChI=1S/C20H13FN6/c21-15-4-1-12(2-5-15)18-16-11-14(3-6-17(16)24-25-18)20-23-19(26-27-20)13-7-9-22-10-8-13/h1-11H,(H,24,25)(H,23,26,27). The first kappa shape index (κ1) is 15.4. The fourth-order valence-corrected chi connectivity index (χ4v) is 3.01. The van der Waals surface area contributed by atoms with Crippen LogP contribution in [0.25, 0.3) is 44.9 Å². The molecule has 0 atom stereocenters. The van der Waals surface area contributed by atoms with E-state index in [4.69, 9.17) is 0 Å². The minimum Gasteiger partial charge on any atom is -0.277 e. The number of fused-ring (bicyclic) bond motifs is 1. The summed E-state index contributed by atoms with van der Waals surface area (Å²) in [6.07, 6.45) is 3.42. The van der Waals surface area contributed by atoms with Gasteiger partial charge in [-0.3, -0.25) is 15.2 Å². The van der Waals surface area contributed by atoms with E-state index in [2.05, 4.69) is 30.4 Å². The van der Waals surface area contributed by atoms with Gasteiger partial charge in [0.25, 0.3) is 0 Å². The number of aromatic amines is 2. The van der Waals surface area contributed by atoms with Crippen LogP contribution in [0.2, 0.25) is 0 Å². The Morgan fingerprint density at radius 1 is 0.741 bits per heavy atom. The fraction of sp³-hybridized carbons (Fsp3) is 0. The maximum absolute atomic E-state index is 13.2. The van der Waals surface area contributed by atoms with E-state index in [0.717, 1.165) is 33.3 Å². The molecule has 0 unspecified atom stereocenters. The zero-order valence-electron chi connectivity index (χ0n) is 14.0. The van der Waals surface area contributed by atoms with Crippen LogP contribution in [0, 0.1) is 5.82 Å². The lowest BCUT2D eigenvalue weighted by Gasteiger charge is -2.00. The Labute approximate surface area is 153 Å². The highest BCUT2D eigenvalue weighted by Crippen LogP contribution is 2.30. The number of H-pyrrole nitrogens is 2. The molecule has 0 aliphatic carbocycles. The molecule has 5 rings (SSSR count). The minimum atomic E-state index is -0.274. The van der Waals surface area contributed by atoms with Crippen molar-refractivity contribution in [2.75, 3.05) is 0 Å². The van der Waals surface area contributed by atoms with E-state index >= 15 is 0 Å². The Hall–Kier alpha value is -3.87. The maximum Gasteiger partial charge on any atom is 0.181 e. The number of aromatic nitrogens is 6. The van der Waals surface area contributed by atoms with Crippen LogP contribution < -0.4 is 0 Å². The van der Waals surface area contributed by atoms with Crippen molar-refractivity contribution in [2.45, 2.75) is 0 Å². The number of nitrogens with zero attached hydrogens (tertiary/aromatic N) is 4. The van der Waals surface area contributed by atoms with E-state index in [9.17, 15) is 4.39 Å². The normalized spacial score (nSPS) is 11.1. The Morgan fingerprint density at radius 3 is 2.33 bits per heavy atom. The van der Waals surface area contributed by atoms with Crippen LogP contribution in [-0.4, -0.2) is 30.4 Å². The third-order valence-electron chi connectivity index (χ3n) is 4.38. The fourth-order valence-electron chi connectivity index (χ4n) is 3.01. The molecule has 0 saturated carbocycles. The van der Waals surface area contributed by atoms with E-state index in [1.165, 1.54) is 12.1 Å². The molecule has 130 valence electrons. The number of nitrogens with one attached hydrogen (secondary N) is 2. The molecule has 2 aromatic carbocycles. The van der Waals surface area contributed by atoms with E-state index < -0.39 is 0 Å². The lowest BCUT2D eigenvalue weighted by atomic mass is 10.1. The van der Waals surface area contributed by atoms with Crippen LogP contribution in [0.1, 0.15) is 0 Å². The molecular formula is C20H13FN6. The molecule has 2 N–H and O–H groups in total. The summed E-state index contributed by atoms with van der Waals surface area (Å²) in [6, 6.07) is 15.9. The number of hydrogen-bond acceptors (Lipinski definition) is 4. The highest BCUT2D eigenvalue weighted by Gasteiger charge is 2.12. The van der Waals surface area contributed by atoms with Gasteiger partial charge in [0.1, 0.15) is 5.82 Å². The summed E-state index contributed by atoms with van der Waals surface area (Å²) in [6.45, 7) is 0. The third-order valence-corrected chi connectivity index (χ3v) is 4.38. The first-order chi connectivity index (χ1) is 13.3. The summed E-state index contributed by atoms with van der Waals surface area (Å²) >= 11 is 0. The summed E-state index contributed by atoms with van der Waals surface area (Å²) in [7, 11) is 0. The average molecular weight is 356 g/mol. The SMILES string of the molecule is Fc1ccc(-c2n[nH]c3ccc(-c4n[nH]c(-c5ccncc5)n4)cc23)cc1. The molecule has 5 aromatic rings. The van der Waals surface area contributed by atoms with Gasteiger partial charge in [0.2, 0.25) is 0 Å². The van der Waals surface area contributed by atoms with Crippen LogP contribution in [-0.2, 0) is 0 Å². The average Bonchev–Trinajstić information content (AvgIpc) is 3.36. The number of pyridine rings is 1. The molecule has 3 aromatic heterocycles. The first-order valence-electron chi connectivity index (χ1n) is 8.35. The van der Waals surface area contributed by atoms with Gasteiger partial charge in [-0.15, -0.1) is 0 Å². The largest absolute Gasteiger partial charge is 0.277 e. The Kier molecular flexibility index (Phi) is 3.50. The molecule has 0 amide bonds. The Balaban J connectivity index is 1.58. The molecule has 6 nitrogen and oxygen atoms in total. The van der Waals surface area contributed by atoms with Crippen molar-refractivity contribution in [1.29, 1.82) is 0 Å². The van der Waals surface area contributed by atoms with Gasteiger partial charge in [-0.05, 0) is 54.6 Å². The second-order valence-electron chi connectivity index (χ2n) is 6.08. The van der Waals surface area contributed by atoms with Gasteiger partial charge in [-0.25, -0.2) is 9.37 Å². The lowest BCUT2D eigenvalue weighted by molar-refractivity contribution is 0.628. The molecule has 0 saturated heterocycles. The van der Waals surface area contributed by atoms with Crippen LogP contribution in [0.4, 0.5) is 4.39 Å². The molecule has 7 heteroatoms. The number of hydrogen-bond donors (Lipinski definition) is 2. The van der Waals surface area contributed by atoms with Crippen molar-refractivity contribution in [3.8, 4) is 34.0 Å². The van der Waals surface area contributed by atoms with Crippen molar-refractivity contribution in [3.63, 3.8) is 0 Å². The van der Waals surface area contributed by atoms with Crippen LogP contribution >= 0.6 is 0 Å². The van der Waals surface area contributed by atoms with Crippen molar-refractivity contribution in [2.24, 2.45) is 0 Å². The molecular weight excluding hydrogens is 343 g/mol. The third kappa shape index (κ3) is 2.75. The minimum absolute atomic E-state index is 0.274. The molecule has 27 heavy (non-hydrogen) atoms. The van der Waals surface area contributed by atoms with Crippen LogP contribution in [0.5, 0.6) is 0 Å². The highest BCUT2D eigenvalue weighted by atomic mass is 19.1. The smallest absolute Gasteiger partial charge is 0.181 e. The second kappa shape index (κ2) is 6.14. The van der Waals surface area contributed by atoms with Gasteiger partial charge >= 0.3 is 0 Å². The quantitative estimate of drug-likeness (QED) is 0.507. The van der Waals surface area contributed by atoms with Crippen LogP contribution in [0.3, 0.4) is 0 Å². The van der Waals surface area contributed by atoms with E-state index in [-0.39, 0.29) is 5.82 Å². The monoisotopic (exact) mass is 356 g/mol. The lowest BCUT2D eigenvalue weighted by Crippen LogP contribution is -1.83. The van der Waals surface area contributed by atoms with Gasteiger partial charge in [-0.2, -0.15) is 10.2 Å². The molecule has 0 radical (unpaired) electrons. The van der Waals surface area contributed by atoms with E-state index in [0.29, 0.717) is 11.6 Å². The number of rotatable bonds is 3. The number of benzene rings is 2. The molecule has 0 fully saturated rings. The predicted octanol–water partition coefficient (Wildman–Crippen LogP) is 4.22. The zero-order valence-corrected chi connectivity index (χ0v) is 14.0. The Morgan fingerprint density at radius 2 is 1.52 bits per heavy atom. The van der Waals surface area contributed by atoms with Gasteiger partial charge in [-0.1, -0.05) is 0 Å². The summed E-state index contributed by atoms with van der Waals surface area (Å²) in [5.74, 6) is 0.997. The topological polar surface area (TPSA) is 83.1 Å². The van der Waals surface area contributed by atoms with Crippen molar-refractivity contribution >= 4 is 10.9 Å². The molecule has 0 aliphatic rings. The maximum atomic E-state index is 13.2. The molecule has 0 spiro atoms. The van der Waals surface area contributed by atoms with E-state index in [1.54, 1.807) is 24.5 Å². The zero-order chi connectivity index (χ0) is 18.2. The van der Waals surface area contributed by atoms with Gasteiger partial charge in [0, 0.05) is 34.5 Å². The highest BCUT2D eigenvalue weighted by molar-refractivity contribution is 5.95. The predicted molar refractivity (Wildman–Crippen MR) is 100 cm³/mol. The van der Waals surface area contributed by atoms with E-state index in [1.807, 2.05) is 30.3 Å². The van der Waals surface area contributed by atoms with Gasteiger partial charge in [0.05, 0.1) is 11.2 Å². The summed E-state index contributed by atoms with van der Waals surface area (Å²) in [5.41, 5.74) is 4.27. The van der Waals surface area contributed by atoms with Crippen LogP contribution in [0.15, 0.2) is 67.0 Å². The van der Waals surface area contributed by atoms with Gasteiger partial charge in [0.15, 0.2) is 11.6 Å². The van der Waals surface area contributed by atoms with Crippen molar-refractivity contribution < 1.29 is 4.39 Å². The number of halogens is 1.